The number of amidine groups is 1. The lowest BCUT2D eigenvalue weighted by Crippen LogP contribution is -2.47. The molecule has 0 atom stereocenters. The van der Waals surface area contributed by atoms with Gasteiger partial charge in [-0.2, -0.15) is 0 Å². The number of carbonyl (C=O) groups is 3. The van der Waals surface area contributed by atoms with Crippen LogP contribution < -0.4 is 25.4 Å². The molecule has 0 saturated heterocycles. The number of rotatable bonds is 14. The van der Waals surface area contributed by atoms with Gasteiger partial charge in [0.25, 0.3) is 0 Å². The van der Waals surface area contributed by atoms with Crippen LogP contribution in [0.1, 0.15) is 99.6 Å². The summed E-state index contributed by atoms with van der Waals surface area (Å²) in [4.78, 5) is 45.1. The molecule has 0 bridgehead atoms. The molecular formula is C39H59N5O8. The maximum Gasteiger partial charge on any atom is 0.414 e. The van der Waals surface area contributed by atoms with Crippen molar-refractivity contribution < 1.29 is 38.1 Å². The molecular weight excluding hydrogens is 666 g/mol. The van der Waals surface area contributed by atoms with Gasteiger partial charge in [0.2, 0.25) is 5.96 Å². The smallest absolute Gasteiger partial charge is 0.414 e. The molecule has 0 aromatic heterocycles. The van der Waals surface area contributed by atoms with Crippen molar-refractivity contribution in [3.63, 3.8) is 0 Å². The standard InChI is InChI=1S/C39H59N5O8/c1-28(42-34(45)50-37(2,3)4)40-24-22-29-14-18-31(19-15-29)48-26-12-11-13-27-49-32-20-16-30(17-21-32)23-25-41-33(43-35(46)51-38(5,6)7)44-36(47)52-39(8,9)10/h14-21H,11-13,22-27H2,1-10H3,(H,40,42,45)(H2,41,43,44,46,47). The van der Waals surface area contributed by atoms with Gasteiger partial charge in [0.15, 0.2) is 0 Å². The first-order valence-electron chi connectivity index (χ1n) is 17.8. The summed E-state index contributed by atoms with van der Waals surface area (Å²) in [7, 11) is 0. The summed E-state index contributed by atoms with van der Waals surface area (Å²) in [5.41, 5.74) is 0.180. The molecule has 0 saturated carbocycles. The van der Waals surface area contributed by atoms with Gasteiger partial charge >= 0.3 is 18.3 Å². The van der Waals surface area contributed by atoms with E-state index in [4.69, 9.17) is 23.7 Å². The van der Waals surface area contributed by atoms with Crippen molar-refractivity contribution in [2.24, 2.45) is 9.98 Å². The minimum Gasteiger partial charge on any atom is -0.494 e. The van der Waals surface area contributed by atoms with E-state index in [1.807, 2.05) is 69.3 Å². The number of nitrogens with one attached hydrogen (secondary N) is 3. The first-order chi connectivity index (χ1) is 24.3. The van der Waals surface area contributed by atoms with Crippen LogP contribution in [0, 0.1) is 0 Å². The second kappa shape index (κ2) is 20.9. The Hall–Kier alpha value is -4.81. The Labute approximate surface area is 309 Å². The van der Waals surface area contributed by atoms with E-state index in [9.17, 15) is 14.4 Å². The average molecular weight is 726 g/mol. The van der Waals surface area contributed by atoms with Crippen molar-refractivity contribution in [2.75, 3.05) is 26.3 Å². The predicted molar refractivity (Wildman–Crippen MR) is 204 cm³/mol. The number of hydrogen-bond acceptors (Lipinski definition) is 10. The number of nitrogens with zero attached hydrogens (tertiary/aromatic N) is 2. The summed E-state index contributed by atoms with van der Waals surface area (Å²) in [5, 5.41) is 7.62. The minimum absolute atomic E-state index is 0.0490. The Morgan fingerprint density at radius 3 is 1.29 bits per heavy atom. The normalized spacial score (nSPS) is 11.9. The fourth-order valence-electron chi connectivity index (χ4n) is 4.32. The number of hydrogen-bond donors (Lipinski definition) is 3. The zero-order valence-corrected chi connectivity index (χ0v) is 32.6. The second-order valence-corrected chi connectivity index (χ2v) is 15.1. The minimum atomic E-state index is -0.732. The lowest BCUT2D eigenvalue weighted by Gasteiger charge is -2.22. The number of guanidine groups is 1. The number of benzene rings is 2. The lowest BCUT2D eigenvalue weighted by molar-refractivity contribution is 0.0534. The highest BCUT2D eigenvalue weighted by Crippen LogP contribution is 2.16. The van der Waals surface area contributed by atoms with Crippen LogP contribution in [0.2, 0.25) is 0 Å². The Morgan fingerprint density at radius 2 is 0.904 bits per heavy atom. The molecule has 2 rings (SSSR count). The molecule has 3 N–H and O–H groups in total. The van der Waals surface area contributed by atoms with Crippen molar-refractivity contribution in [1.29, 1.82) is 0 Å². The molecule has 52 heavy (non-hydrogen) atoms. The number of alkyl carbamates (subject to hydrolysis) is 3. The maximum atomic E-state index is 12.3. The number of carbonyl (C=O) groups excluding carboxylic acids is 3. The highest BCUT2D eigenvalue weighted by atomic mass is 16.6. The van der Waals surface area contributed by atoms with E-state index in [2.05, 4.69) is 25.9 Å². The van der Waals surface area contributed by atoms with Gasteiger partial charge in [-0.3, -0.25) is 25.9 Å². The molecule has 0 aliphatic carbocycles. The van der Waals surface area contributed by atoms with Gasteiger partial charge in [-0.1, -0.05) is 24.3 Å². The van der Waals surface area contributed by atoms with Gasteiger partial charge in [-0.15, -0.1) is 0 Å². The molecule has 0 aliphatic rings. The van der Waals surface area contributed by atoms with Crippen LogP contribution in [-0.4, -0.2) is 73.2 Å². The summed E-state index contributed by atoms with van der Waals surface area (Å²) in [6.07, 6.45) is 2.14. The van der Waals surface area contributed by atoms with Gasteiger partial charge in [0, 0.05) is 13.1 Å². The van der Waals surface area contributed by atoms with E-state index < -0.39 is 35.1 Å². The van der Waals surface area contributed by atoms with Crippen LogP contribution in [0.3, 0.4) is 0 Å². The molecule has 2 aromatic rings. The Kier molecular flexibility index (Phi) is 17.4. The molecule has 13 heteroatoms. The molecule has 0 spiro atoms. The molecule has 0 fully saturated rings. The fourth-order valence-corrected chi connectivity index (χ4v) is 4.32. The summed E-state index contributed by atoms with van der Waals surface area (Å²) in [5.74, 6) is 2.08. The van der Waals surface area contributed by atoms with E-state index in [1.54, 1.807) is 48.5 Å². The third kappa shape index (κ3) is 21.4. The van der Waals surface area contributed by atoms with E-state index in [1.165, 1.54) is 0 Å². The molecule has 0 aliphatic heterocycles. The fraction of sp³-hybridized carbons (Fsp3) is 0.564. The second-order valence-electron chi connectivity index (χ2n) is 15.1. The van der Waals surface area contributed by atoms with Crippen LogP contribution in [-0.2, 0) is 27.1 Å². The van der Waals surface area contributed by atoms with Gasteiger partial charge in [-0.25, -0.2) is 14.4 Å². The molecule has 288 valence electrons. The van der Waals surface area contributed by atoms with E-state index in [0.29, 0.717) is 38.6 Å². The zero-order chi connectivity index (χ0) is 38.8. The molecule has 3 amide bonds. The average Bonchev–Trinajstić information content (AvgIpc) is 2.99. The van der Waals surface area contributed by atoms with Crippen molar-refractivity contribution in [1.82, 2.24) is 16.0 Å². The van der Waals surface area contributed by atoms with Crippen LogP contribution in [0.15, 0.2) is 58.5 Å². The molecule has 0 unspecified atom stereocenters. The van der Waals surface area contributed by atoms with Crippen LogP contribution >= 0.6 is 0 Å². The monoisotopic (exact) mass is 725 g/mol. The molecule has 0 heterocycles. The topological polar surface area (TPSA) is 158 Å². The third-order valence-electron chi connectivity index (χ3n) is 6.51. The number of amides is 3. The summed E-state index contributed by atoms with van der Waals surface area (Å²) in [6.45, 7) is 19.7. The van der Waals surface area contributed by atoms with E-state index >= 15 is 0 Å². The Bertz CT molecular complexity index is 1440. The van der Waals surface area contributed by atoms with Gasteiger partial charge in [0.05, 0.1) is 13.2 Å². The summed E-state index contributed by atoms with van der Waals surface area (Å²) in [6, 6.07) is 15.7. The summed E-state index contributed by atoms with van der Waals surface area (Å²) < 4.78 is 27.6. The number of aliphatic imine (C=N–C) groups is 2. The molecule has 2 aromatic carbocycles. The number of ether oxygens (including phenoxy) is 5. The van der Waals surface area contributed by atoms with E-state index in [0.717, 1.165) is 48.3 Å². The van der Waals surface area contributed by atoms with Crippen LogP contribution in [0.25, 0.3) is 0 Å². The van der Waals surface area contributed by atoms with Gasteiger partial charge in [-0.05, 0) is 137 Å². The molecule has 0 radical (unpaired) electrons. The lowest BCUT2D eigenvalue weighted by atomic mass is 10.1. The largest absolute Gasteiger partial charge is 0.494 e. The van der Waals surface area contributed by atoms with Crippen molar-refractivity contribution in [3.05, 3.63) is 59.7 Å². The van der Waals surface area contributed by atoms with Crippen LogP contribution in [0.5, 0.6) is 11.5 Å². The number of unbranched alkanes of at least 4 members (excludes halogenated alkanes) is 2. The van der Waals surface area contributed by atoms with E-state index in [-0.39, 0.29) is 5.96 Å². The highest BCUT2D eigenvalue weighted by molar-refractivity contribution is 6.01. The van der Waals surface area contributed by atoms with Crippen molar-refractivity contribution in [3.8, 4) is 11.5 Å². The van der Waals surface area contributed by atoms with Gasteiger partial charge < -0.3 is 23.7 Å². The zero-order valence-electron chi connectivity index (χ0n) is 32.6. The highest BCUT2D eigenvalue weighted by Gasteiger charge is 2.21. The maximum absolute atomic E-state index is 12.3. The Balaban J connectivity index is 1.67. The Morgan fingerprint density at radius 1 is 0.538 bits per heavy atom. The van der Waals surface area contributed by atoms with Crippen molar-refractivity contribution >= 4 is 30.1 Å². The predicted octanol–water partition coefficient (Wildman–Crippen LogP) is 7.75. The third-order valence-corrected chi connectivity index (χ3v) is 6.51. The molecule has 13 nitrogen and oxygen atoms in total. The van der Waals surface area contributed by atoms with Crippen LogP contribution in [0.4, 0.5) is 14.4 Å². The SMILES string of the molecule is CC(=NCCc1ccc(OCCCCCOc2ccc(CCN=C(NC(=O)OC(C)(C)C)NC(=O)OC(C)(C)C)cc2)cc1)NC(=O)OC(C)(C)C. The quantitative estimate of drug-likeness (QED) is 0.0772. The first kappa shape index (κ1) is 43.4. The van der Waals surface area contributed by atoms with Gasteiger partial charge in [0.1, 0.15) is 34.1 Å². The summed E-state index contributed by atoms with van der Waals surface area (Å²) >= 11 is 0. The van der Waals surface area contributed by atoms with Crippen molar-refractivity contribution in [2.45, 2.75) is 118 Å². The first-order valence-corrected chi connectivity index (χ1v) is 17.8.